The fraction of sp³-hybridized carbons (Fsp3) is 0.875. The summed E-state index contributed by atoms with van der Waals surface area (Å²) < 4.78 is 25.1. The molecule has 1 amide bonds. The molecular weight excluding hydrogens is 192 g/mol. The Morgan fingerprint density at radius 2 is 2.07 bits per heavy atom. The predicted molar refractivity (Wildman–Crippen MR) is 50.2 cm³/mol. The van der Waals surface area contributed by atoms with Crippen molar-refractivity contribution in [3.05, 3.63) is 0 Å². The molecule has 4 nitrogen and oxygen atoms in total. The van der Waals surface area contributed by atoms with Crippen LogP contribution in [0.4, 0.5) is 8.78 Å². The Labute approximate surface area is 82.4 Å². The van der Waals surface area contributed by atoms with Gasteiger partial charge in [0, 0.05) is 13.0 Å². The molecule has 0 saturated heterocycles. The van der Waals surface area contributed by atoms with Gasteiger partial charge in [-0.2, -0.15) is 0 Å². The highest BCUT2D eigenvalue weighted by Crippen LogP contribution is 2.08. The lowest BCUT2D eigenvalue weighted by atomic mass is 10.3. The van der Waals surface area contributed by atoms with Crippen molar-refractivity contribution in [1.29, 1.82) is 0 Å². The number of hydrogen-bond acceptors (Lipinski definition) is 3. The number of carbonyl (C=O) groups is 1. The standard InChI is InChI=1S/C8H17F2N3O/c1-13(2)4-3-7(14)12-6-8(9,10)5-11/h3-6,11H2,1-2H3,(H,12,14). The Bertz CT molecular complexity index is 185. The molecule has 0 fully saturated rings. The average Bonchev–Trinajstić information content (AvgIpc) is 2.11. The Morgan fingerprint density at radius 3 is 2.50 bits per heavy atom. The molecule has 0 unspecified atom stereocenters. The molecule has 3 N–H and O–H groups in total. The van der Waals surface area contributed by atoms with Gasteiger partial charge in [0.2, 0.25) is 5.91 Å². The lowest BCUT2D eigenvalue weighted by molar-refractivity contribution is -0.123. The fourth-order valence-corrected chi connectivity index (χ4v) is 0.714. The summed E-state index contributed by atoms with van der Waals surface area (Å²) in [5, 5.41) is 2.13. The first-order chi connectivity index (χ1) is 6.37. The quantitative estimate of drug-likeness (QED) is 0.628. The summed E-state index contributed by atoms with van der Waals surface area (Å²) in [5.41, 5.74) is 4.81. The van der Waals surface area contributed by atoms with Crippen molar-refractivity contribution in [2.45, 2.75) is 12.3 Å². The summed E-state index contributed by atoms with van der Waals surface area (Å²) >= 11 is 0. The molecule has 0 heterocycles. The third-order valence-electron chi connectivity index (χ3n) is 1.63. The van der Waals surface area contributed by atoms with Crippen LogP contribution in [0.5, 0.6) is 0 Å². The van der Waals surface area contributed by atoms with Crippen LogP contribution in [0.25, 0.3) is 0 Å². The maximum atomic E-state index is 12.6. The van der Waals surface area contributed by atoms with Crippen molar-refractivity contribution in [2.24, 2.45) is 5.73 Å². The number of alkyl halides is 2. The normalized spacial score (nSPS) is 11.9. The molecule has 0 atom stereocenters. The molecule has 6 heteroatoms. The van der Waals surface area contributed by atoms with Gasteiger partial charge in [0.25, 0.3) is 5.92 Å². The Hall–Kier alpha value is -0.750. The zero-order valence-corrected chi connectivity index (χ0v) is 8.52. The van der Waals surface area contributed by atoms with E-state index in [-0.39, 0.29) is 12.3 Å². The zero-order chi connectivity index (χ0) is 11.2. The molecular formula is C8H17F2N3O. The number of halogens is 2. The van der Waals surface area contributed by atoms with Crippen molar-refractivity contribution in [3.8, 4) is 0 Å². The third kappa shape index (κ3) is 6.73. The topological polar surface area (TPSA) is 58.4 Å². The van der Waals surface area contributed by atoms with Gasteiger partial charge in [-0.3, -0.25) is 4.79 Å². The van der Waals surface area contributed by atoms with Crippen LogP contribution < -0.4 is 11.1 Å². The SMILES string of the molecule is CN(C)CCC(=O)NCC(F)(F)CN. The van der Waals surface area contributed by atoms with E-state index in [0.29, 0.717) is 6.54 Å². The van der Waals surface area contributed by atoms with E-state index in [1.165, 1.54) is 0 Å². The predicted octanol–water partition coefficient (Wildman–Crippen LogP) is -0.352. The van der Waals surface area contributed by atoms with Crippen LogP contribution in [0.1, 0.15) is 6.42 Å². The molecule has 0 bridgehead atoms. The first kappa shape index (κ1) is 13.2. The van der Waals surface area contributed by atoms with Crippen LogP contribution in [-0.4, -0.2) is 50.5 Å². The van der Waals surface area contributed by atoms with Crippen molar-refractivity contribution in [1.82, 2.24) is 10.2 Å². The van der Waals surface area contributed by atoms with E-state index in [1.54, 1.807) is 4.90 Å². The molecule has 0 aliphatic heterocycles. The number of rotatable bonds is 6. The average molecular weight is 209 g/mol. The van der Waals surface area contributed by atoms with Gasteiger partial charge >= 0.3 is 0 Å². The Morgan fingerprint density at radius 1 is 1.50 bits per heavy atom. The van der Waals surface area contributed by atoms with Gasteiger partial charge in [0.15, 0.2) is 0 Å². The van der Waals surface area contributed by atoms with Gasteiger partial charge < -0.3 is 16.0 Å². The highest BCUT2D eigenvalue weighted by Gasteiger charge is 2.26. The van der Waals surface area contributed by atoms with E-state index in [1.807, 2.05) is 14.1 Å². The molecule has 0 radical (unpaired) electrons. The van der Waals surface area contributed by atoms with E-state index in [4.69, 9.17) is 5.73 Å². The van der Waals surface area contributed by atoms with Crippen LogP contribution in [0.15, 0.2) is 0 Å². The van der Waals surface area contributed by atoms with Crippen LogP contribution in [-0.2, 0) is 4.79 Å². The van der Waals surface area contributed by atoms with E-state index >= 15 is 0 Å². The number of nitrogens with zero attached hydrogens (tertiary/aromatic N) is 1. The second-order valence-electron chi connectivity index (χ2n) is 3.39. The van der Waals surface area contributed by atoms with Crippen LogP contribution in [0.3, 0.4) is 0 Å². The minimum absolute atomic E-state index is 0.216. The highest BCUT2D eigenvalue weighted by molar-refractivity contribution is 5.76. The van der Waals surface area contributed by atoms with Gasteiger partial charge in [-0.05, 0) is 14.1 Å². The van der Waals surface area contributed by atoms with Crippen LogP contribution in [0.2, 0.25) is 0 Å². The Kier molecular flexibility index (Phi) is 5.56. The minimum atomic E-state index is -3.01. The molecule has 0 spiro atoms. The number of nitrogens with one attached hydrogen (secondary N) is 1. The summed E-state index contributed by atoms with van der Waals surface area (Å²) in [6.45, 7) is -0.892. The number of amides is 1. The minimum Gasteiger partial charge on any atom is -0.350 e. The number of carbonyl (C=O) groups excluding carboxylic acids is 1. The van der Waals surface area contributed by atoms with Crippen LogP contribution >= 0.6 is 0 Å². The molecule has 84 valence electrons. The monoisotopic (exact) mass is 209 g/mol. The molecule has 0 aliphatic carbocycles. The van der Waals surface area contributed by atoms with E-state index in [0.717, 1.165) is 0 Å². The third-order valence-corrected chi connectivity index (χ3v) is 1.63. The number of hydrogen-bond donors (Lipinski definition) is 2. The molecule has 0 rings (SSSR count). The second-order valence-corrected chi connectivity index (χ2v) is 3.39. The summed E-state index contributed by atoms with van der Waals surface area (Å²) in [6, 6.07) is 0. The highest BCUT2D eigenvalue weighted by atomic mass is 19.3. The number of nitrogens with two attached hydrogens (primary N) is 1. The van der Waals surface area contributed by atoms with E-state index in [9.17, 15) is 13.6 Å². The molecule has 14 heavy (non-hydrogen) atoms. The summed E-state index contributed by atoms with van der Waals surface area (Å²) in [6.07, 6.45) is 0.216. The summed E-state index contributed by atoms with van der Waals surface area (Å²) in [4.78, 5) is 12.8. The lowest BCUT2D eigenvalue weighted by Gasteiger charge is -2.15. The van der Waals surface area contributed by atoms with Gasteiger partial charge in [0.1, 0.15) is 0 Å². The molecule has 0 aromatic carbocycles. The van der Waals surface area contributed by atoms with Crippen LogP contribution in [0, 0.1) is 0 Å². The van der Waals surface area contributed by atoms with Gasteiger partial charge in [-0.25, -0.2) is 8.78 Å². The molecule has 0 aliphatic rings. The van der Waals surface area contributed by atoms with E-state index in [2.05, 4.69) is 5.32 Å². The van der Waals surface area contributed by atoms with Crippen molar-refractivity contribution >= 4 is 5.91 Å². The van der Waals surface area contributed by atoms with Crippen molar-refractivity contribution < 1.29 is 13.6 Å². The maximum Gasteiger partial charge on any atom is 0.277 e. The first-order valence-corrected chi connectivity index (χ1v) is 4.37. The maximum absolute atomic E-state index is 12.6. The summed E-state index contributed by atoms with van der Waals surface area (Å²) in [7, 11) is 3.61. The first-order valence-electron chi connectivity index (χ1n) is 4.37. The molecule has 0 aromatic rings. The molecule has 0 aromatic heterocycles. The lowest BCUT2D eigenvalue weighted by Crippen LogP contribution is -2.42. The van der Waals surface area contributed by atoms with Gasteiger partial charge in [-0.15, -0.1) is 0 Å². The smallest absolute Gasteiger partial charge is 0.277 e. The van der Waals surface area contributed by atoms with Gasteiger partial charge in [0.05, 0.1) is 13.1 Å². The molecule has 0 saturated carbocycles. The van der Waals surface area contributed by atoms with E-state index < -0.39 is 19.0 Å². The van der Waals surface area contributed by atoms with Crippen molar-refractivity contribution in [2.75, 3.05) is 33.7 Å². The summed E-state index contributed by atoms with van der Waals surface area (Å²) in [5.74, 6) is -3.39. The fourth-order valence-electron chi connectivity index (χ4n) is 0.714. The Balaban J connectivity index is 3.64. The zero-order valence-electron chi connectivity index (χ0n) is 8.52. The second kappa shape index (κ2) is 5.87. The largest absolute Gasteiger partial charge is 0.350 e. The van der Waals surface area contributed by atoms with Gasteiger partial charge in [-0.1, -0.05) is 0 Å². The van der Waals surface area contributed by atoms with Crippen molar-refractivity contribution in [3.63, 3.8) is 0 Å².